The van der Waals surface area contributed by atoms with Crippen LogP contribution in [-0.2, 0) is 4.74 Å². The molecule has 2 heterocycles. The van der Waals surface area contributed by atoms with Crippen molar-refractivity contribution in [3.8, 4) is 11.5 Å². The lowest BCUT2D eigenvalue weighted by atomic mass is 10.1. The average Bonchev–Trinajstić information content (AvgIpc) is 2.89. The molecule has 1 amide bonds. The molecular weight excluding hydrogens is 296 g/mol. The number of rotatable bonds is 5. The van der Waals surface area contributed by atoms with E-state index in [1.165, 1.54) is 7.11 Å². The van der Waals surface area contributed by atoms with Crippen molar-refractivity contribution < 1.29 is 19.4 Å². The summed E-state index contributed by atoms with van der Waals surface area (Å²) in [5, 5.41) is 13.2. The van der Waals surface area contributed by atoms with Gasteiger partial charge >= 0.3 is 0 Å². The molecule has 6 heteroatoms. The van der Waals surface area contributed by atoms with E-state index >= 15 is 0 Å². The van der Waals surface area contributed by atoms with E-state index in [1.54, 1.807) is 12.1 Å². The van der Waals surface area contributed by atoms with Crippen LogP contribution in [0.15, 0.2) is 12.1 Å². The first-order valence-electron chi connectivity index (χ1n) is 8.24. The Kier molecular flexibility index (Phi) is 4.61. The molecule has 126 valence electrons. The minimum absolute atomic E-state index is 0.0318. The number of nitrogens with one attached hydrogen (secondary N) is 1. The van der Waals surface area contributed by atoms with Gasteiger partial charge in [-0.15, -0.1) is 0 Å². The van der Waals surface area contributed by atoms with Gasteiger partial charge in [0.25, 0.3) is 5.91 Å². The van der Waals surface area contributed by atoms with Crippen LogP contribution in [-0.4, -0.2) is 48.4 Å². The number of unbranched alkanes of at least 4 members (excludes halogenated alkanes) is 1. The van der Waals surface area contributed by atoms with Gasteiger partial charge in [0.1, 0.15) is 6.23 Å². The standard InChI is InChI=1S/C17H24N2O4/c1-3-4-7-23-16-6-5-11-10-18-13-9-14(20)15(22-2)8-12(13)17(21)19(11)16/h8-9,11,16,18,20H,3-7,10H2,1-2H3/t11?,16-/m0/s1. The SMILES string of the molecule is CCCCO[C@H]1CCC2CNc3cc(O)c(OC)cc3C(=O)N21. The van der Waals surface area contributed by atoms with Crippen LogP contribution in [0.5, 0.6) is 11.5 Å². The number of aromatic hydroxyl groups is 1. The van der Waals surface area contributed by atoms with Gasteiger partial charge in [-0.3, -0.25) is 4.79 Å². The van der Waals surface area contributed by atoms with Gasteiger partial charge in [0.05, 0.1) is 24.4 Å². The quantitative estimate of drug-likeness (QED) is 0.816. The molecule has 0 bridgehead atoms. The van der Waals surface area contributed by atoms with E-state index in [9.17, 15) is 9.90 Å². The maximum absolute atomic E-state index is 13.0. The van der Waals surface area contributed by atoms with E-state index < -0.39 is 0 Å². The number of phenols is 1. The fraction of sp³-hybridized carbons (Fsp3) is 0.588. The summed E-state index contributed by atoms with van der Waals surface area (Å²) in [7, 11) is 1.48. The predicted octanol–water partition coefficient (Wildman–Crippen LogP) is 2.57. The van der Waals surface area contributed by atoms with E-state index in [0.29, 0.717) is 30.2 Å². The second-order valence-corrected chi connectivity index (χ2v) is 6.07. The zero-order valence-corrected chi connectivity index (χ0v) is 13.7. The van der Waals surface area contributed by atoms with E-state index in [0.717, 1.165) is 25.7 Å². The Labute approximate surface area is 136 Å². The van der Waals surface area contributed by atoms with Crippen molar-refractivity contribution in [1.82, 2.24) is 4.90 Å². The highest BCUT2D eigenvalue weighted by atomic mass is 16.5. The summed E-state index contributed by atoms with van der Waals surface area (Å²) in [6.07, 6.45) is 3.70. The molecule has 1 fully saturated rings. The average molecular weight is 320 g/mol. The maximum Gasteiger partial charge on any atom is 0.258 e. The molecule has 0 aromatic heterocycles. The second-order valence-electron chi connectivity index (χ2n) is 6.07. The first-order valence-corrected chi connectivity index (χ1v) is 8.24. The Morgan fingerprint density at radius 3 is 2.96 bits per heavy atom. The normalized spacial score (nSPS) is 23.0. The van der Waals surface area contributed by atoms with Gasteiger partial charge in [-0.1, -0.05) is 13.3 Å². The van der Waals surface area contributed by atoms with Crippen molar-refractivity contribution in [2.24, 2.45) is 0 Å². The van der Waals surface area contributed by atoms with E-state index in [-0.39, 0.29) is 23.9 Å². The number of amides is 1. The third-order valence-electron chi connectivity index (χ3n) is 4.57. The minimum Gasteiger partial charge on any atom is -0.504 e. The number of carbonyl (C=O) groups excluding carboxylic acids is 1. The number of phenolic OH excluding ortho intramolecular Hbond substituents is 1. The molecule has 1 aromatic carbocycles. The molecule has 0 saturated carbocycles. The van der Waals surface area contributed by atoms with Crippen molar-refractivity contribution in [1.29, 1.82) is 0 Å². The lowest BCUT2D eigenvalue weighted by molar-refractivity contribution is -0.0340. The largest absolute Gasteiger partial charge is 0.504 e. The molecule has 6 nitrogen and oxygen atoms in total. The summed E-state index contributed by atoms with van der Waals surface area (Å²) in [4.78, 5) is 14.9. The summed E-state index contributed by atoms with van der Waals surface area (Å²) in [5.41, 5.74) is 1.17. The number of fused-ring (bicyclic) bond motifs is 2. The number of carbonyl (C=O) groups is 1. The highest BCUT2D eigenvalue weighted by molar-refractivity contribution is 6.01. The number of benzene rings is 1. The highest BCUT2D eigenvalue weighted by Crippen LogP contribution is 2.37. The zero-order valence-electron chi connectivity index (χ0n) is 13.7. The van der Waals surface area contributed by atoms with Crippen LogP contribution in [0, 0.1) is 0 Å². The molecule has 1 aromatic rings. The molecule has 1 saturated heterocycles. The molecule has 2 aliphatic rings. The van der Waals surface area contributed by atoms with Crippen LogP contribution in [0.1, 0.15) is 43.0 Å². The number of ether oxygens (including phenoxy) is 2. The number of hydrogen-bond donors (Lipinski definition) is 2. The van der Waals surface area contributed by atoms with Crippen molar-refractivity contribution in [2.75, 3.05) is 25.6 Å². The summed E-state index contributed by atoms with van der Waals surface area (Å²) in [6.45, 7) is 3.46. The fourth-order valence-electron chi connectivity index (χ4n) is 3.29. The third kappa shape index (κ3) is 2.95. The van der Waals surface area contributed by atoms with Crippen LogP contribution in [0.2, 0.25) is 0 Å². The number of anilines is 1. The Morgan fingerprint density at radius 1 is 1.39 bits per heavy atom. The van der Waals surface area contributed by atoms with Crippen LogP contribution in [0.4, 0.5) is 5.69 Å². The van der Waals surface area contributed by atoms with Gasteiger partial charge in [0.15, 0.2) is 11.5 Å². The molecule has 0 spiro atoms. The topological polar surface area (TPSA) is 71.0 Å². The Morgan fingerprint density at radius 2 is 2.22 bits per heavy atom. The number of methoxy groups -OCH3 is 1. The van der Waals surface area contributed by atoms with Crippen LogP contribution < -0.4 is 10.1 Å². The first-order chi connectivity index (χ1) is 11.2. The Bertz CT molecular complexity index is 590. The molecule has 3 rings (SSSR count). The van der Waals surface area contributed by atoms with Gasteiger partial charge in [-0.05, 0) is 25.3 Å². The van der Waals surface area contributed by atoms with Crippen molar-refractivity contribution >= 4 is 11.6 Å². The molecule has 2 aliphatic heterocycles. The monoisotopic (exact) mass is 320 g/mol. The molecule has 2 N–H and O–H groups in total. The lowest BCUT2D eigenvalue weighted by Gasteiger charge is -2.28. The van der Waals surface area contributed by atoms with Crippen molar-refractivity contribution in [2.45, 2.75) is 44.9 Å². The van der Waals surface area contributed by atoms with E-state index in [1.807, 2.05) is 4.90 Å². The fourth-order valence-corrected chi connectivity index (χ4v) is 3.29. The first kappa shape index (κ1) is 15.9. The van der Waals surface area contributed by atoms with Gasteiger partial charge in [-0.2, -0.15) is 0 Å². The van der Waals surface area contributed by atoms with E-state index in [4.69, 9.17) is 9.47 Å². The van der Waals surface area contributed by atoms with Crippen molar-refractivity contribution in [3.63, 3.8) is 0 Å². The molecule has 23 heavy (non-hydrogen) atoms. The maximum atomic E-state index is 13.0. The third-order valence-corrected chi connectivity index (χ3v) is 4.57. The minimum atomic E-state index is -0.161. The molecule has 2 atom stereocenters. The van der Waals surface area contributed by atoms with Crippen LogP contribution in [0.3, 0.4) is 0 Å². The highest BCUT2D eigenvalue weighted by Gasteiger charge is 2.40. The number of nitrogens with zero attached hydrogens (tertiary/aromatic N) is 1. The van der Waals surface area contributed by atoms with Gasteiger partial charge < -0.3 is 24.8 Å². The zero-order chi connectivity index (χ0) is 16.4. The smallest absolute Gasteiger partial charge is 0.258 e. The molecule has 0 aliphatic carbocycles. The Hall–Kier alpha value is -1.95. The lowest BCUT2D eigenvalue weighted by Crippen LogP contribution is -2.43. The number of hydrogen-bond acceptors (Lipinski definition) is 5. The summed E-state index contributed by atoms with van der Waals surface area (Å²) in [5.74, 6) is 0.275. The Balaban J connectivity index is 1.87. The molecule has 1 unspecified atom stereocenters. The summed E-state index contributed by atoms with van der Waals surface area (Å²) >= 11 is 0. The van der Waals surface area contributed by atoms with Crippen LogP contribution in [0.25, 0.3) is 0 Å². The van der Waals surface area contributed by atoms with Crippen LogP contribution >= 0.6 is 0 Å². The van der Waals surface area contributed by atoms with Gasteiger partial charge in [0.2, 0.25) is 0 Å². The van der Waals surface area contributed by atoms with E-state index in [2.05, 4.69) is 12.2 Å². The molecular formula is C17H24N2O4. The van der Waals surface area contributed by atoms with Gasteiger partial charge in [0, 0.05) is 19.2 Å². The summed E-state index contributed by atoms with van der Waals surface area (Å²) < 4.78 is 11.1. The van der Waals surface area contributed by atoms with Gasteiger partial charge in [-0.25, -0.2) is 0 Å². The second kappa shape index (κ2) is 6.66. The summed E-state index contributed by atoms with van der Waals surface area (Å²) in [6, 6.07) is 3.28. The molecule has 0 radical (unpaired) electrons. The predicted molar refractivity (Wildman–Crippen MR) is 87.0 cm³/mol. The van der Waals surface area contributed by atoms with Crippen molar-refractivity contribution in [3.05, 3.63) is 17.7 Å².